The predicted octanol–water partition coefficient (Wildman–Crippen LogP) is 1.99. The Balaban J connectivity index is 0.00000162. The standard InChI is InChI=1S/C13H25N3O.ClH/c1-11(2)15-12(17)16-8-4-6-13(10-16)5-3-7-14-9-13;/h11,14H,3-10H2,1-2H3,(H,15,17);1H. The number of rotatable bonds is 1. The molecular weight excluding hydrogens is 250 g/mol. The first kappa shape index (κ1) is 15.6. The summed E-state index contributed by atoms with van der Waals surface area (Å²) in [5.74, 6) is 0. The summed E-state index contributed by atoms with van der Waals surface area (Å²) in [6.45, 7) is 8.09. The van der Waals surface area contributed by atoms with Gasteiger partial charge in [-0.1, -0.05) is 0 Å². The summed E-state index contributed by atoms with van der Waals surface area (Å²) in [5.41, 5.74) is 0.352. The van der Waals surface area contributed by atoms with Crippen LogP contribution in [0.15, 0.2) is 0 Å². The molecule has 1 atom stereocenters. The largest absolute Gasteiger partial charge is 0.336 e. The van der Waals surface area contributed by atoms with Crippen LogP contribution in [0.5, 0.6) is 0 Å². The third kappa shape index (κ3) is 3.75. The smallest absolute Gasteiger partial charge is 0.317 e. The highest BCUT2D eigenvalue weighted by atomic mass is 35.5. The van der Waals surface area contributed by atoms with Gasteiger partial charge in [-0.3, -0.25) is 0 Å². The number of piperidine rings is 2. The van der Waals surface area contributed by atoms with E-state index >= 15 is 0 Å². The van der Waals surface area contributed by atoms with Crippen LogP contribution >= 0.6 is 12.4 Å². The molecular formula is C13H26ClN3O. The topological polar surface area (TPSA) is 44.4 Å². The SMILES string of the molecule is CC(C)NC(=O)N1CCCC2(CCCNC2)C1.Cl. The lowest BCUT2D eigenvalue weighted by Gasteiger charge is -2.45. The van der Waals surface area contributed by atoms with Crippen LogP contribution in [0.4, 0.5) is 4.79 Å². The van der Waals surface area contributed by atoms with Gasteiger partial charge in [0, 0.05) is 31.1 Å². The summed E-state index contributed by atoms with van der Waals surface area (Å²) in [6.07, 6.45) is 4.93. The van der Waals surface area contributed by atoms with Gasteiger partial charge >= 0.3 is 6.03 Å². The minimum absolute atomic E-state index is 0. The first-order valence-electron chi connectivity index (χ1n) is 6.87. The van der Waals surface area contributed by atoms with Crippen LogP contribution in [0.2, 0.25) is 0 Å². The normalized spacial score (nSPS) is 28.1. The zero-order valence-electron chi connectivity index (χ0n) is 11.5. The first-order valence-corrected chi connectivity index (χ1v) is 6.87. The van der Waals surface area contributed by atoms with E-state index in [9.17, 15) is 4.79 Å². The fourth-order valence-corrected chi connectivity index (χ4v) is 3.10. The molecule has 2 N–H and O–H groups in total. The zero-order chi connectivity index (χ0) is 12.3. The summed E-state index contributed by atoms with van der Waals surface area (Å²) < 4.78 is 0. The van der Waals surface area contributed by atoms with Crippen molar-refractivity contribution in [2.24, 2.45) is 5.41 Å². The van der Waals surface area contributed by atoms with Crippen molar-refractivity contribution in [2.45, 2.75) is 45.6 Å². The molecule has 106 valence electrons. The molecule has 2 heterocycles. The number of likely N-dealkylation sites (tertiary alicyclic amines) is 1. The third-order valence-corrected chi connectivity index (χ3v) is 3.92. The number of carbonyl (C=O) groups is 1. The van der Waals surface area contributed by atoms with E-state index < -0.39 is 0 Å². The van der Waals surface area contributed by atoms with E-state index in [2.05, 4.69) is 10.6 Å². The van der Waals surface area contributed by atoms with Gasteiger partial charge in [-0.2, -0.15) is 0 Å². The average Bonchev–Trinajstić information content (AvgIpc) is 2.29. The lowest BCUT2D eigenvalue weighted by molar-refractivity contribution is 0.0807. The summed E-state index contributed by atoms with van der Waals surface area (Å²) in [7, 11) is 0. The second-order valence-corrected chi connectivity index (χ2v) is 5.91. The number of carbonyl (C=O) groups excluding carboxylic acids is 1. The van der Waals surface area contributed by atoms with Gasteiger partial charge in [0.25, 0.3) is 0 Å². The molecule has 2 amide bonds. The highest BCUT2D eigenvalue weighted by Gasteiger charge is 2.37. The third-order valence-electron chi connectivity index (χ3n) is 3.92. The van der Waals surface area contributed by atoms with E-state index in [0.29, 0.717) is 5.41 Å². The molecule has 0 aliphatic carbocycles. The minimum Gasteiger partial charge on any atom is -0.336 e. The summed E-state index contributed by atoms with van der Waals surface area (Å²) in [5, 5.41) is 6.49. The van der Waals surface area contributed by atoms with Crippen molar-refractivity contribution in [3.63, 3.8) is 0 Å². The molecule has 0 bridgehead atoms. The maximum atomic E-state index is 12.0. The Morgan fingerprint density at radius 3 is 2.67 bits per heavy atom. The summed E-state index contributed by atoms with van der Waals surface area (Å²) in [6, 6.07) is 0.342. The van der Waals surface area contributed by atoms with Gasteiger partial charge < -0.3 is 15.5 Å². The lowest BCUT2D eigenvalue weighted by atomic mass is 9.74. The first-order chi connectivity index (χ1) is 8.11. The van der Waals surface area contributed by atoms with Gasteiger partial charge in [0.15, 0.2) is 0 Å². The monoisotopic (exact) mass is 275 g/mol. The molecule has 2 rings (SSSR count). The minimum atomic E-state index is 0. The van der Waals surface area contributed by atoms with Crippen molar-refractivity contribution < 1.29 is 4.79 Å². The molecule has 5 heteroatoms. The average molecular weight is 276 g/mol. The summed E-state index contributed by atoms with van der Waals surface area (Å²) in [4.78, 5) is 14.0. The van der Waals surface area contributed by atoms with Crippen molar-refractivity contribution in [1.82, 2.24) is 15.5 Å². The summed E-state index contributed by atoms with van der Waals surface area (Å²) >= 11 is 0. The Labute approximate surface area is 116 Å². The van der Waals surface area contributed by atoms with E-state index in [1.54, 1.807) is 0 Å². The highest BCUT2D eigenvalue weighted by Crippen LogP contribution is 2.35. The maximum absolute atomic E-state index is 12.0. The van der Waals surface area contributed by atoms with Crippen molar-refractivity contribution in [3.8, 4) is 0 Å². The molecule has 1 spiro atoms. The number of hydrogen-bond donors (Lipinski definition) is 2. The number of amides is 2. The maximum Gasteiger partial charge on any atom is 0.317 e. The Bertz CT molecular complexity index is 272. The Kier molecular flexibility index (Phi) is 5.73. The van der Waals surface area contributed by atoms with Crippen molar-refractivity contribution in [3.05, 3.63) is 0 Å². The molecule has 0 saturated carbocycles. The van der Waals surface area contributed by atoms with Gasteiger partial charge in [-0.25, -0.2) is 4.79 Å². The van der Waals surface area contributed by atoms with Crippen LogP contribution in [0.1, 0.15) is 39.5 Å². The highest BCUT2D eigenvalue weighted by molar-refractivity contribution is 5.85. The van der Waals surface area contributed by atoms with E-state index in [0.717, 1.165) is 32.6 Å². The van der Waals surface area contributed by atoms with Crippen LogP contribution in [0.25, 0.3) is 0 Å². The second kappa shape index (κ2) is 6.62. The van der Waals surface area contributed by atoms with Gasteiger partial charge in [0.05, 0.1) is 0 Å². The molecule has 18 heavy (non-hydrogen) atoms. The molecule has 1 unspecified atom stereocenters. The number of nitrogens with zero attached hydrogens (tertiary/aromatic N) is 1. The van der Waals surface area contributed by atoms with E-state index in [-0.39, 0.29) is 24.5 Å². The number of halogens is 1. The fourth-order valence-electron chi connectivity index (χ4n) is 3.10. The van der Waals surface area contributed by atoms with Crippen molar-refractivity contribution in [2.75, 3.05) is 26.2 Å². The zero-order valence-corrected chi connectivity index (χ0v) is 12.3. The number of nitrogens with one attached hydrogen (secondary N) is 2. The molecule has 0 radical (unpaired) electrons. The Hall–Kier alpha value is -0.480. The molecule has 0 aromatic heterocycles. The van der Waals surface area contributed by atoms with Gasteiger partial charge in [0.1, 0.15) is 0 Å². The van der Waals surface area contributed by atoms with E-state index in [4.69, 9.17) is 0 Å². The van der Waals surface area contributed by atoms with Gasteiger partial charge in [-0.15, -0.1) is 12.4 Å². The van der Waals surface area contributed by atoms with E-state index in [1.165, 1.54) is 19.3 Å². The van der Waals surface area contributed by atoms with Crippen LogP contribution < -0.4 is 10.6 Å². The molecule has 0 aromatic carbocycles. The predicted molar refractivity (Wildman–Crippen MR) is 76.3 cm³/mol. The lowest BCUT2D eigenvalue weighted by Crippen LogP contribution is -2.55. The molecule has 2 saturated heterocycles. The molecule has 2 fully saturated rings. The van der Waals surface area contributed by atoms with Crippen LogP contribution in [-0.4, -0.2) is 43.2 Å². The van der Waals surface area contributed by atoms with Crippen LogP contribution in [0.3, 0.4) is 0 Å². The quantitative estimate of drug-likeness (QED) is 0.769. The molecule has 4 nitrogen and oxygen atoms in total. The number of hydrogen-bond acceptors (Lipinski definition) is 2. The fraction of sp³-hybridized carbons (Fsp3) is 0.923. The second-order valence-electron chi connectivity index (χ2n) is 5.91. The molecule has 2 aliphatic heterocycles. The van der Waals surface area contributed by atoms with Crippen LogP contribution in [0, 0.1) is 5.41 Å². The van der Waals surface area contributed by atoms with E-state index in [1.807, 2.05) is 18.7 Å². The number of urea groups is 1. The Morgan fingerprint density at radius 1 is 1.33 bits per heavy atom. The Morgan fingerprint density at radius 2 is 2.06 bits per heavy atom. The van der Waals surface area contributed by atoms with Crippen molar-refractivity contribution >= 4 is 18.4 Å². The molecule has 2 aliphatic rings. The van der Waals surface area contributed by atoms with Crippen LogP contribution in [-0.2, 0) is 0 Å². The van der Waals surface area contributed by atoms with Gasteiger partial charge in [-0.05, 0) is 46.1 Å². The molecule has 0 aromatic rings. The van der Waals surface area contributed by atoms with Gasteiger partial charge in [0.2, 0.25) is 0 Å². The van der Waals surface area contributed by atoms with Crippen molar-refractivity contribution in [1.29, 1.82) is 0 Å².